The second kappa shape index (κ2) is 4.52. The highest BCUT2D eigenvalue weighted by Crippen LogP contribution is 2.23. The van der Waals surface area contributed by atoms with Gasteiger partial charge in [0.25, 0.3) is 5.91 Å². The quantitative estimate of drug-likeness (QED) is 0.792. The Balaban J connectivity index is 2.27. The van der Waals surface area contributed by atoms with Crippen LogP contribution in [0.4, 0.5) is 11.4 Å². The minimum Gasteiger partial charge on any atom is -0.399 e. The van der Waals surface area contributed by atoms with E-state index in [0.29, 0.717) is 11.4 Å². The molecule has 5 heteroatoms. The van der Waals surface area contributed by atoms with Gasteiger partial charge in [0.05, 0.1) is 0 Å². The minimum absolute atomic E-state index is 0.216. The van der Waals surface area contributed by atoms with Crippen LogP contribution in [0, 0.1) is 13.8 Å². The molecular formula is C13H16N4O. The van der Waals surface area contributed by atoms with Gasteiger partial charge in [0, 0.05) is 24.6 Å². The number of aromatic nitrogens is 2. The van der Waals surface area contributed by atoms with Gasteiger partial charge < -0.3 is 11.1 Å². The van der Waals surface area contributed by atoms with Crippen molar-refractivity contribution in [1.29, 1.82) is 0 Å². The molecule has 1 heterocycles. The number of carbonyl (C=O) groups excluding carboxylic acids is 1. The van der Waals surface area contributed by atoms with Gasteiger partial charge in [-0.2, -0.15) is 5.10 Å². The van der Waals surface area contributed by atoms with Crippen LogP contribution >= 0.6 is 0 Å². The molecule has 0 saturated heterocycles. The second-order valence-corrected chi connectivity index (χ2v) is 4.36. The number of nitrogens with two attached hydrogens (primary N) is 1. The Morgan fingerprint density at radius 3 is 2.44 bits per heavy atom. The van der Waals surface area contributed by atoms with Crippen molar-refractivity contribution in [3.63, 3.8) is 0 Å². The van der Waals surface area contributed by atoms with Crippen LogP contribution in [0.1, 0.15) is 21.6 Å². The van der Waals surface area contributed by atoms with Crippen molar-refractivity contribution >= 4 is 17.3 Å². The maximum Gasteiger partial charge on any atom is 0.276 e. The first-order valence-corrected chi connectivity index (χ1v) is 5.65. The lowest BCUT2D eigenvalue weighted by molar-refractivity contribution is 0.102. The zero-order valence-electron chi connectivity index (χ0n) is 10.7. The monoisotopic (exact) mass is 244 g/mol. The largest absolute Gasteiger partial charge is 0.399 e. The van der Waals surface area contributed by atoms with Crippen LogP contribution in [-0.2, 0) is 7.05 Å². The standard InChI is InChI=1S/C13H16N4O/c1-8-6-10(14)7-9(2)12(8)15-13(18)11-4-5-17(3)16-11/h4-7H,14H2,1-3H3,(H,15,18). The van der Waals surface area contributed by atoms with E-state index in [4.69, 9.17) is 5.73 Å². The summed E-state index contributed by atoms with van der Waals surface area (Å²) < 4.78 is 1.59. The number of nitrogens with one attached hydrogen (secondary N) is 1. The fourth-order valence-electron chi connectivity index (χ4n) is 1.91. The molecule has 3 N–H and O–H groups in total. The summed E-state index contributed by atoms with van der Waals surface area (Å²) in [5.74, 6) is -0.216. The highest BCUT2D eigenvalue weighted by molar-refractivity contribution is 6.03. The fraction of sp³-hybridized carbons (Fsp3) is 0.231. The SMILES string of the molecule is Cc1cc(N)cc(C)c1NC(=O)c1ccn(C)n1. The van der Waals surface area contributed by atoms with Gasteiger partial charge in [0.2, 0.25) is 0 Å². The first-order valence-electron chi connectivity index (χ1n) is 5.65. The van der Waals surface area contributed by atoms with Crippen LogP contribution in [0.25, 0.3) is 0 Å². The maximum absolute atomic E-state index is 12.0. The number of hydrogen-bond acceptors (Lipinski definition) is 3. The Labute approximate surface area is 106 Å². The molecule has 0 fully saturated rings. The van der Waals surface area contributed by atoms with E-state index in [0.717, 1.165) is 16.8 Å². The first kappa shape index (κ1) is 12.2. The Morgan fingerprint density at radius 2 is 1.94 bits per heavy atom. The van der Waals surface area contributed by atoms with Crippen molar-refractivity contribution in [2.75, 3.05) is 11.1 Å². The Morgan fingerprint density at radius 1 is 1.33 bits per heavy atom. The molecular weight excluding hydrogens is 228 g/mol. The Kier molecular flexibility index (Phi) is 3.06. The molecule has 5 nitrogen and oxygen atoms in total. The number of carbonyl (C=O) groups is 1. The van der Waals surface area contributed by atoms with Crippen molar-refractivity contribution in [1.82, 2.24) is 9.78 Å². The molecule has 2 aromatic rings. The normalized spacial score (nSPS) is 10.4. The summed E-state index contributed by atoms with van der Waals surface area (Å²) >= 11 is 0. The summed E-state index contributed by atoms with van der Waals surface area (Å²) in [7, 11) is 1.77. The predicted molar refractivity (Wildman–Crippen MR) is 71.5 cm³/mol. The number of benzene rings is 1. The highest BCUT2D eigenvalue weighted by Gasteiger charge is 2.12. The summed E-state index contributed by atoms with van der Waals surface area (Å²) in [6.45, 7) is 3.83. The molecule has 2 rings (SSSR count). The van der Waals surface area contributed by atoms with Crippen molar-refractivity contribution < 1.29 is 4.79 Å². The van der Waals surface area contributed by atoms with E-state index < -0.39 is 0 Å². The first-order chi connectivity index (χ1) is 8.47. The van der Waals surface area contributed by atoms with Crippen LogP contribution < -0.4 is 11.1 Å². The third-order valence-electron chi connectivity index (χ3n) is 2.74. The summed E-state index contributed by atoms with van der Waals surface area (Å²) in [5.41, 5.74) is 9.51. The molecule has 0 unspecified atom stereocenters. The van der Waals surface area contributed by atoms with Gasteiger partial charge in [-0.25, -0.2) is 0 Å². The molecule has 0 aliphatic carbocycles. The van der Waals surface area contributed by atoms with Crippen molar-refractivity contribution in [3.05, 3.63) is 41.2 Å². The highest BCUT2D eigenvalue weighted by atomic mass is 16.1. The zero-order chi connectivity index (χ0) is 13.3. The van der Waals surface area contributed by atoms with Gasteiger partial charge in [-0.3, -0.25) is 9.48 Å². The van der Waals surface area contributed by atoms with Crippen LogP contribution in [0.3, 0.4) is 0 Å². The van der Waals surface area contributed by atoms with E-state index in [1.807, 2.05) is 26.0 Å². The van der Waals surface area contributed by atoms with Crippen molar-refractivity contribution in [2.45, 2.75) is 13.8 Å². The Hall–Kier alpha value is -2.30. The predicted octanol–water partition coefficient (Wildman–Crippen LogP) is 1.87. The van der Waals surface area contributed by atoms with Crippen LogP contribution in [0.2, 0.25) is 0 Å². The van der Waals surface area contributed by atoms with Gasteiger partial charge in [-0.05, 0) is 43.2 Å². The number of anilines is 2. The molecule has 0 bridgehead atoms. The van der Waals surface area contributed by atoms with Crippen molar-refractivity contribution in [2.24, 2.45) is 7.05 Å². The summed E-state index contributed by atoms with van der Waals surface area (Å²) in [6, 6.07) is 5.35. The number of hydrogen-bond donors (Lipinski definition) is 2. The third kappa shape index (κ3) is 2.34. The molecule has 0 radical (unpaired) electrons. The number of nitrogen functional groups attached to an aromatic ring is 1. The molecule has 0 aliphatic heterocycles. The summed E-state index contributed by atoms with van der Waals surface area (Å²) in [5, 5.41) is 6.93. The van der Waals surface area contributed by atoms with Gasteiger partial charge in [0.15, 0.2) is 5.69 Å². The Bertz CT molecular complexity index is 578. The van der Waals surface area contributed by atoms with Crippen LogP contribution in [0.5, 0.6) is 0 Å². The smallest absolute Gasteiger partial charge is 0.276 e. The number of aryl methyl sites for hydroxylation is 3. The molecule has 0 spiro atoms. The average Bonchev–Trinajstić information content (AvgIpc) is 2.70. The van der Waals surface area contributed by atoms with E-state index in [1.165, 1.54) is 0 Å². The molecule has 0 atom stereocenters. The number of amides is 1. The van der Waals surface area contributed by atoms with Crippen LogP contribution in [0.15, 0.2) is 24.4 Å². The third-order valence-corrected chi connectivity index (χ3v) is 2.74. The zero-order valence-corrected chi connectivity index (χ0v) is 10.7. The summed E-state index contributed by atoms with van der Waals surface area (Å²) in [4.78, 5) is 12.0. The van der Waals surface area contributed by atoms with E-state index in [1.54, 1.807) is 24.0 Å². The topological polar surface area (TPSA) is 72.9 Å². The van der Waals surface area contributed by atoms with E-state index in [2.05, 4.69) is 10.4 Å². The van der Waals surface area contributed by atoms with Crippen molar-refractivity contribution in [3.8, 4) is 0 Å². The molecule has 1 aromatic carbocycles. The minimum atomic E-state index is -0.216. The summed E-state index contributed by atoms with van der Waals surface area (Å²) in [6.07, 6.45) is 1.73. The van der Waals surface area contributed by atoms with E-state index >= 15 is 0 Å². The lowest BCUT2D eigenvalue weighted by atomic mass is 10.1. The van der Waals surface area contributed by atoms with Gasteiger partial charge in [-0.15, -0.1) is 0 Å². The van der Waals surface area contributed by atoms with E-state index in [9.17, 15) is 4.79 Å². The van der Waals surface area contributed by atoms with E-state index in [-0.39, 0.29) is 5.91 Å². The van der Waals surface area contributed by atoms with Gasteiger partial charge >= 0.3 is 0 Å². The van der Waals surface area contributed by atoms with Crippen LogP contribution in [-0.4, -0.2) is 15.7 Å². The number of nitrogens with zero attached hydrogens (tertiary/aromatic N) is 2. The molecule has 18 heavy (non-hydrogen) atoms. The molecule has 94 valence electrons. The number of rotatable bonds is 2. The molecule has 1 amide bonds. The average molecular weight is 244 g/mol. The molecule has 0 aliphatic rings. The molecule has 0 saturated carbocycles. The second-order valence-electron chi connectivity index (χ2n) is 4.36. The lowest BCUT2D eigenvalue weighted by Crippen LogP contribution is -2.15. The molecule has 1 aromatic heterocycles. The lowest BCUT2D eigenvalue weighted by Gasteiger charge is -2.11. The fourth-order valence-corrected chi connectivity index (χ4v) is 1.91. The maximum atomic E-state index is 12.0. The van der Waals surface area contributed by atoms with Gasteiger partial charge in [0.1, 0.15) is 0 Å². The van der Waals surface area contributed by atoms with Gasteiger partial charge in [-0.1, -0.05) is 0 Å².